The van der Waals surface area contributed by atoms with E-state index in [0.29, 0.717) is 18.0 Å². The molecular weight excluding hydrogens is 268 g/mol. The molecule has 0 aromatic heterocycles. The molecule has 0 saturated carbocycles. The normalized spacial score (nSPS) is 21.4. The Bertz CT molecular complexity index is 513. The Morgan fingerprint density at radius 3 is 2.62 bits per heavy atom. The molecule has 1 fully saturated rings. The summed E-state index contributed by atoms with van der Waals surface area (Å²) in [6.45, 7) is 4.56. The van der Waals surface area contributed by atoms with Crippen LogP contribution in [0.25, 0.3) is 0 Å². The molecule has 0 spiro atoms. The summed E-state index contributed by atoms with van der Waals surface area (Å²) in [7, 11) is 0. The van der Waals surface area contributed by atoms with Crippen molar-refractivity contribution in [1.29, 1.82) is 0 Å². The summed E-state index contributed by atoms with van der Waals surface area (Å²) >= 11 is 0. The average Bonchev–Trinajstić information content (AvgIpc) is 2.86. The summed E-state index contributed by atoms with van der Waals surface area (Å²) in [5.41, 5.74) is 1.63. The van der Waals surface area contributed by atoms with E-state index in [1.807, 2.05) is 26.0 Å². The molecule has 5 nitrogen and oxygen atoms in total. The lowest BCUT2D eigenvalue weighted by Crippen LogP contribution is -2.45. The maximum Gasteiger partial charge on any atom is 0.251 e. The van der Waals surface area contributed by atoms with E-state index in [9.17, 15) is 14.7 Å². The number of amides is 2. The lowest BCUT2D eigenvalue weighted by atomic mass is 10.0. The third-order valence-electron chi connectivity index (χ3n) is 4.10. The van der Waals surface area contributed by atoms with Gasteiger partial charge in [-0.05, 0) is 31.4 Å². The second-order valence-corrected chi connectivity index (χ2v) is 5.65. The van der Waals surface area contributed by atoms with Crippen LogP contribution >= 0.6 is 0 Å². The number of hydrogen-bond acceptors (Lipinski definition) is 3. The second kappa shape index (κ2) is 6.72. The molecule has 2 amide bonds. The van der Waals surface area contributed by atoms with Gasteiger partial charge in [-0.1, -0.05) is 24.6 Å². The number of nitrogens with zero attached hydrogens (tertiary/aromatic N) is 1. The molecule has 2 rings (SSSR count). The Morgan fingerprint density at radius 2 is 2.00 bits per heavy atom. The standard InChI is InChI=1S/C16H22N2O3/c1-11-3-5-13(6-4-11)16(21)17-9-15(20)18-8-7-12(2)14(18)10-19/h3-6,12,14,19H,7-10H2,1-2H3,(H,17,21). The fourth-order valence-electron chi connectivity index (χ4n) is 2.66. The lowest BCUT2D eigenvalue weighted by molar-refractivity contribution is -0.132. The van der Waals surface area contributed by atoms with Crippen molar-refractivity contribution < 1.29 is 14.7 Å². The molecule has 0 bridgehead atoms. The number of rotatable bonds is 4. The predicted octanol–water partition coefficient (Wildman–Crippen LogP) is 0.954. The van der Waals surface area contributed by atoms with Crippen molar-refractivity contribution in [3.63, 3.8) is 0 Å². The van der Waals surface area contributed by atoms with Gasteiger partial charge in [0.1, 0.15) is 0 Å². The Labute approximate surface area is 125 Å². The van der Waals surface area contributed by atoms with E-state index in [1.165, 1.54) is 0 Å². The molecule has 0 aliphatic carbocycles. The summed E-state index contributed by atoms with van der Waals surface area (Å²) in [5.74, 6) is -0.0956. The highest BCUT2D eigenvalue weighted by molar-refractivity contribution is 5.96. The first kappa shape index (κ1) is 15.5. The summed E-state index contributed by atoms with van der Waals surface area (Å²) in [6, 6.07) is 7.07. The number of nitrogens with one attached hydrogen (secondary N) is 1. The third kappa shape index (κ3) is 3.61. The zero-order chi connectivity index (χ0) is 15.4. The van der Waals surface area contributed by atoms with Gasteiger partial charge in [-0.25, -0.2) is 0 Å². The van der Waals surface area contributed by atoms with E-state index in [-0.39, 0.29) is 31.0 Å². The predicted molar refractivity (Wildman–Crippen MR) is 79.9 cm³/mol. The van der Waals surface area contributed by atoms with Gasteiger partial charge in [0.25, 0.3) is 5.91 Å². The fraction of sp³-hybridized carbons (Fsp3) is 0.500. The van der Waals surface area contributed by atoms with Crippen molar-refractivity contribution in [3.05, 3.63) is 35.4 Å². The summed E-state index contributed by atoms with van der Waals surface area (Å²) in [5, 5.41) is 12.0. The molecule has 114 valence electrons. The van der Waals surface area contributed by atoms with Gasteiger partial charge in [0.15, 0.2) is 0 Å². The zero-order valence-corrected chi connectivity index (χ0v) is 12.5. The zero-order valence-electron chi connectivity index (χ0n) is 12.5. The van der Waals surface area contributed by atoms with Gasteiger partial charge < -0.3 is 15.3 Å². The highest BCUT2D eigenvalue weighted by Crippen LogP contribution is 2.23. The number of carbonyl (C=O) groups is 2. The Balaban J connectivity index is 1.89. The quantitative estimate of drug-likeness (QED) is 0.867. The number of likely N-dealkylation sites (tertiary alicyclic amines) is 1. The first-order valence-corrected chi connectivity index (χ1v) is 7.28. The summed E-state index contributed by atoms with van der Waals surface area (Å²) in [6.07, 6.45) is 0.892. The van der Waals surface area contributed by atoms with Gasteiger partial charge in [-0.3, -0.25) is 9.59 Å². The van der Waals surface area contributed by atoms with Crippen LogP contribution in [0.1, 0.15) is 29.3 Å². The van der Waals surface area contributed by atoms with E-state index in [1.54, 1.807) is 17.0 Å². The Hall–Kier alpha value is -1.88. The number of aliphatic hydroxyl groups excluding tert-OH is 1. The van der Waals surface area contributed by atoms with Crippen LogP contribution in [0.4, 0.5) is 0 Å². The van der Waals surface area contributed by atoms with Gasteiger partial charge in [0.05, 0.1) is 19.2 Å². The smallest absolute Gasteiger partial charge is 0.251 e. The summed E-state index contributed by atoms with van der Waals surface area (Å²) < 4.78 is 0. The summed E-state index contributed by atoms with van der Waals surface area (Å²) in [4.78, 5) is 25.8. The van der Waals surface area contributed by atoms with E-state index < -0.39 is 0 Å². The Kier molecular flexibility index (Phi) is 4.96. The molecular formula is C16H22N2O3. The van der Waals surface area contributed by atoms with Crippen molar-refractivity contribution in [2.75, 3.05) is 19.7 Å². The molecule has 5 heteroatoms. The average molecular weight is 290 g/mol. The van der Waals surface area contributed by atoms with Crippen LogP contribution in [0.3, 0.4) is 0 Å². The number of carbonyl (C=O) groups excluding carboxylic acids is 2. The van der Waals surface area contributed by atoms with Crippen LogP contribution in [0.5, 0.6) is 0 Å². The number of benzene rings is 1. The van der Waals surface area contributed by atoms with Crippen molar-refractivity contribution in [1.82, 2.24) is 10.2 Å². The van der Waals surface area contributed by atoms with Crippen LogP contribution in [-0.2, 0) is 4.79 Å². The minimum Gasteiger partial charge on any atom is -0.394 e. The molecule has 1 aromatic carbocycles. The molecule has 1 saturated heterocycles. The first-order chi connectivity index (χ1) is 10.0. The highest BCUT2D eigenvalue weighted by Gasteiger charge is 2.33. The van der Waals surface area contributed by atoms with Gasteiger partial charge in [0, 0.05) is 12.1 Å². The minimum atomic E-state index is -0.254. The van der Waals surface area contributed by atoms with Gasteiger partial charge in [-0.2, -0.15) is 0 Å². The number of hydrogen-bond donors (Lipinski definition) is 2. The molecule has 1 aromatic rings. The molecule has 1 heterocycles. The molecule has 2 atom stereocenters. The monoisotopic (exact) mass is 290 g/mol. The van der Waals surface area contributed by atoms with Crippen LogP contribution < -0.4 is 5.32 Å². The largest absolute Gasteiger partial charge is 0.394 e. The molecule has 21 heavy (non-hydrogen) atoms. The topological polar surface area (TPSA) is 69.6 Å². The van der Waals surface area contributed by atoms with E-state index >= 15 is 0 Å². The SMILES string of the molecule is Cc1ccc(C(=O)NCC(=O)N2CCC(C)C2CO)cc1. The molecule has 2 unspecified atom stereocenters. The highest BCUT2D eigenvalue weighted by atomic mass is 16.3. The van der Waals surface area contributed by atoms with Gasteiger partial charge in [0.2, 0.25) is 5.91 Å². The van der Waals surface area contributed by atoms with E-state index in [4.69, 9.17) is 0 Å². The van der Waals surface area contributed by atoms with Crippen molar-refractivity contribution in [3.8, 4) is 0 Å². The minimum absolute atomic E-state index is 0.0290. The van der Waals surface area contributed by atoms with Gasteiger partial charge in [-0.15, -0.1) is 0 Å². The van der Waals surface area contributed by atoms with Crippen LogP contribution in [0, 0.1) is 12.8 Å². The van der Waals surface area contributed by atoms with Crippen molar-refractivity contribution >= 4 is 11.8 Å². The molecule has 2 N–H and O–H groups in total. The molecule has 1 aliphatic heterocycles. The third-order valence-corrected chi connectivity index (χ3v) is 4.10. The molecule has 0 radical (unpaired) electrons. The molecule has 1 aliphatic rings. The number of aryl methyl sites for hydroxylation is 1. The van der Waals surface area contributed by atoms with Gasteiger partial charge >= 0.3 is 0 Å². The van der Waals surface area contributed by atoms with Crippen LogP contribution in [0.15, 0.2) is 24.3 Å². The maximum atomic E-state index is 12.2. The first-order valence-electron chi connectivity index (χ1n) is 7.28. The van der Waals surface area contributed by atoms with E-state index in [2.05, 4.69) is 5.32 Å². The van der Waals surface area contributed by atoms with Crippen LogP contribution in [-0.4, -0.2) is 47.6 Å². The maximum absolute atomic E-state index is 12.2. The number of aliphatic hydroxyl groups is 1. The lowest BCUT2D eigenvalue weighted by Gasteiger charge is -2.25. The Morgan fingerprint density at radius 1 is 1.33 bits per heavy atom. The van der Waals surface area contributed by atoms with Crippen LogP contribution in [0.2, 0.25) is 0 Å². The van der Waals surface area contributed by atoms with Crippen molar-refractivity contribution in [2.45, 2.75) is 26.3 Å². The fourth-order valence-corrected chi connectivity index (χ4v) is 2.66. The second-order valence-electron chi connectivity index (χ2n) is 5.65. The van der Waals surface area contributed by atoms with E-state index in [0.717, 1.165) is 12.0 Å². The van der Waals surface area contributed by atoms with Crippen molar-refractivity contribution in [2.24, 2.45) is 5.92 Å².